The maximum absolute atomic E-state index is 12.2. The van der Waals surface area contributed by atoms with Crippen LogP contribution in [0.2, 0.25) is 0 Å². The molecule has 2 N–H and O–H groups in total. The van der Waals surface area contributed by atoms with Crippen molar-refractivity contribution in [3.63, 3.8) is 0 Å². The van der Waals surface area contributed by atoms with Crippen LogP contribution < -0.4 is 5.14 Å². The molecule has 2 rings (SSSR count). The molecule has 0 saturated heterocycles. The van der Waals surface area contributed by atoms with Gasteiger partial charge in [0.15, 0.2) is 4.21 Å². The van der Waals surface area contributed by atoms with Crippen LogP contribution in [0.25, 0.3) is 0 Å². The van der Waals surface area contributed by atoms with E-state index >= 15 is 0 Å². The summed E-state index contributed by atoms with van der Waals surface area (Å²) < 4.78 is 28.1. The highest BCUT2D eigenvalue weighted by Crippen LogP contribution is 2.65. The molecule has 1 aromatic heterocycles. The van der Waals surface area contributed by atoms with Gasteiger partial charge in [-0.15, -0.1) is 11.3 Å². The predicted molar refractivity (Wildman–Crippen MR) is 79.3 cm³/mol. The molecule has 2 atom stereocenters. The van der Waals surface area contributed by atoms with Crippen LogP contribution in [0.15, 0.2) is 10.4 Å². The van der Waals surface area contributed by atoms with Gasteiger partial charge in [0.25, 0.3) is 0 Å². The van der Waals surface area contributed by atoms with Gasteiger partial charge >= 0.3 is 5.97 Å². The Bertz CT molecular complexity index is 671. The Labute approximate surface area is 128 Å². The van der Waals surface area contributed by atoms with Crippen molar-refractivity contribution in [1.29, 1.82) is 0 Å². The van der Waals surface area contributed by atoms with Crippen LogP contribution in [-0.4, -0.2) is 25.0 Å². The fourth-order valence-corrected chi connectivity index (χ4v) is 4.36. The van der Waals surface area contributed by atoms with Crippen LogP contribution in [-0.2, 0) is 19.6 Å². The Morgan fingerprint density at radius 3 is 2.43 bits per heavy atom. The fraction of sp³-hybridized carbons (Fsp3) is 0.692. The molecule has 1 aromatic rings. The average Bonchev–Trinajstić information content (AvgIpc) is 2.66. The first-order valence-corrected chi connectivity index (χ1v) is 8.92. The number of hydrogen-bond acceptors (Lipinski definition) is 6. The number of carbonyl (C=O) groups excluding carboxylic acids is 1. The van der Waals surface area contributed by atoms with Gasteiger partial charge < -0.3 is 4.74 Å². The van der Waals surface area contributed by atoms with E-state index in [1.807, 2.05) is 34.6 Å². The quantitative estimate of drug-likeness (QED) is 0.852. The van der Waals surface area contributed by atoms with Crippen molar-refractivity contribution in [3.05, 3.63) is 11.2 Å². The van der Waals surface area contributed by atoms with Crippen LogP contribution in [0.3, 0.4) is 0 Å². The number of carbonyl (C=O) groups is 1. The van der Waals surface area contributed by atoms with Gasteiger partial charge in [-0.05, 0) is 26.2 Å². The second-order valence-electron chi connectivity index (χ2n) is 6.87. The lowest BCUT2D eigenvalue weighted by Gasteiger charge is -2.19. The first-order valence-electron chi connectivity index (χ1n) is 6.55. The second-order valence-corrected chi connectivity index (χ2v) is 9.72. The highest BCUT2D eigenvalue weighted by atomic mass is 32.2. The zero-order valence-electron chi connectivity index (χ0n) is 12.7. The van der Waals surface area contributed by atoms with E-state index in [0.717, 1.165) is 11.3 Å². The Balaban J connectivity index is 2.22. The van der Waals surface area contributed by atoms with Crippen LogP contribution in [0, 0.1) is 11.3 Å². The zero-order chi connectivity index (χ0) is 16.2. The topological polar surface area (TPSA) is 99.3 Å². The number of hydrogen-bond donors (Lipinski definition) is 1. The largest absolute Gasteiger partial charge is 0.460 e. The van der Waals surface area contributed by atoms with Gasteiger partial charge in [0.1, 0.15) is 5.60 Å². The summed E-state index contributed by atoms with van der Waals surface area (Å²) in [6.45, 7) is 9.35. The summed E-state index contributed by atoms with van der Waals surface area (Å²) in [4.78, 5) is 16.4. The average molecular weight is 332 g/mol. The molecule has 0 bridgehead atoms. The third kappa shape index (κ3) is 3.27. The molecule has 1 fully saturated rings. The van der Waals surface area contributed by atoms with E-state index in [4.69, 9.17) is 9.88 Å². The number of ether oxygens (including phenoxy) is 1. The Morgan fingerprint density at radius 1 is 1.43 bits per heavy atom. The number of primary sulfonamides is 1. The number of nitrogens with two attached hydrogens (primary N) is 1. The predicted octanol–water partition coefficient (Wildman–Crippen LogP) is 1.87. The maximum Gasteiger partial charge on any atom is 0.310 e. The Hall–Kier alpha value is -0.990. The molecule has 1 aliphatic carbocycles. The molecule has 0 spiro atoms. The van der Waals surface area contributed by atoms with Crippen molar-refractivity contribution >= 4 is 27.3 Å². The molecular formula is C13H20N2O4S2. The molecule has 0 radical (unpaired) electrons. The van der Waals surface area contributed by atoms with Gasteiger partial charge in [0, 0.05) is 5.92 Å². The van der Waals surface area contributed by atoms with E-state index in [1.165, 1.54) is 6.20 Å². The number of thiazole rings is 1. The van der Waals surface area contributed by atoms with Crippen molar-refractivity contribution < 1.29 is 17.9 Å². The summed E-state index contributed by atoms with van der Waals surface area (Å²) in [5, 5.41) is 5.70. The minimum Gasteiger partial charge on any atom is -0.460 e. The minimum absolute atomic E-state index is 0.0168. The summed E-state index contributed by atoms with van der Waals surface area (Å²) in [5.74, 6) is -0.714. The van der Waals surface area contributed by atoms with Crippen molar-refractivity contribution in [2.24, 2.45) is 16.5 Å². The van der Waals surface area contributed by atoms with Crippen molar-refractivity contribution in [2.75, 3.05) is 0 Å². The number of nitrogens with zero attached hydrogens (tertiary/aromatic N) is 1. The number of sulfonamides is 1. The third-order valence-electron chi connectivity index (χ3n) is 3.54. The number of rotatable bonds is 3. The van der Waals surface area contributed by atoms with Gasteiger partial charge in [-0.25, -0.2) is 18.5 Å². The molecule has 21 heavy (non-hydrogen) atoms. The second kappa shape index (κ2) is 4.76. The molecule has 1 aliphatic rings. The minimum atomic E-state index is -3.75. The van der Waals surface area contributed by atoms with E-state index < -0.39 is 15.6 Å². The molecule has 8 heteroatoms. The van der Waals surface area contributed by atoms with Crippen LogP contribution in [0.5, 0.6) is 0 Å². The van der Waals surface area contributed by atoms with Gasteiger partial charge in [0.05, 0.1) is 17.1 Å². The Kier molecular flexibility index (Phi) is 3.71. The van der Waals surface area contributed by atoms with Crippen molar-refractivity contribution in [3.8, 4) is 0 Å². The smallest absolute Gasteiger partial charge is 0.310 e. The van der Waals surface area contributed by atoms with Gasteiger partial charge in [0.2, 0.25) is 10.0 Å². The summed E-state index contributed by atoms with van der Waals surface area (Å²) in [6, 6.07) is 0. The Morgan fingerprint density at radius 2 is 2.00 bits per heavy atom. The van der Waals surface area contributed by atoms with E-state index in [1.54, 1.807) is 0 Å². The highest BCUT2D eigenvalue weighted by Gasteiger charge is 2.65. The van der Waals surface area contributed by atoms with Gasteiger partial charge in [-0.3, -0.25) is 4.79 Å². The van der Waals surface area contributed by atoms with Gasteiger partial charge in [-0.2, -0.15) is 0 Å². The van der Waals surface area contributed by atoms with E-state index in [9.17, 15) is 13.2 Å². The monoisotopic (exact) mass is 332 g/mol. The maximum atomic E-state index is 12.2. The van der Waals surface area contributed by atoms with Crippen LogP contribution in [0.4, 0.5) is 0 Å². The van der Waals surface area contributed by atoms with Gasteiger partial charge in [-0.1, -0.05) is 13.8 Å². The van der Waals surface area contributed by atoms with Crippen LogP contribution in [0.1, 0.15) is 45.5 Å². The lowest BCUT2D eigenvalue weighted by atomic mass is 10.1. The molecule has 6 nitrogen and oxygen atoms in total. The van der Waals surface area contributed by atoms with E-state index in [-0.39, 0.29) is 27.4 Å². The molecule has 0 amide bonds. The summed E-state index contributed by atoms with van der Waals surface area (Å²) in [5.41, 5.74) is -0.843. The van der Waals surface area contributed by atoms with Crippen molar-refractivity contribution in [2.45, 2.75) is 50.3 Å². The molecule has 1 heterocycles. The number of esters is 1. The van der Waals surface area contributed by atoms with Crippen molar-refractivity contribution in [1.82, 2.24) is 4.98 Å². The molecule has 1 saturated carbocycles. The summed E-state index contributed by atoms with van der Waals surface area (Å²) in [7, 11) is -3.75. The molecule has 0 unspecified atom stereocenters. The van der Waals surface area contributed by atoms with Crippen LogP contribution >= 0.6 is 11.3 Å². The fourth-order valence-electron chi connectivity index (χ4n) is 2.45. The number of aromatic nitrogens is 1. The first kappa shape index (κ1) is 16.4. The van der Waals surface area contributed by atoms with E-state index in [2.05, 4.69) is 4.98 Å². The summed E-state index contributed by atoms with van der Waals surface area (Å²) >= 11 is 1.02. The highest BCUT2D eigenvalue weighted by molar-refractivity contribution is 7.91. The zero-order valence-corrected chi connectivity index (χ0v) is 14.3. The molecule has 0 aliphatic heterocycles. The molecular weight excluding hydrogens is 312 g/mol. The lowest BCUT2D eigenvalue weighted by Crippen LogP contribution is -2.26. The summed E-state index contributed by atoms with van der Waals surface area (Å²) in [6.07, 6.45) is 1.25. The standard InChI is InChI=1S/C13H20N2O4S2/c1-12(2,3)19-11(16)9-8(13(9,4)5)10-15-6-7(20-10)21(14,17)18/h6,8-9H,1-5H3,(H2,14,17,18)/t8-,9-/m1/s1. The molecule has 0 aromatic carbocycles. The SMILES string of the molecule is CC(C)(C)OC(=O)[C@H]1[C@H](c2ncc(S(N)(=O)=O)s2)C1(C)C. The third-order valence-corrected chi connectivity index (χ3v) is 6.03. The molecule has 118 valence electrons. The first-order chi connectivity index (χ1) is 9.34. The normalized spacial score (nSPS) is 24.7. The lowest BCUT2D eigenvalue weighted by molar-refractivity contribution is -0.157. The van der Waals surface area contributed by atoms with E-state index in [0.29, 0.717) is 5.01 Å².